The Bertz CT molecular complexity index is 765. The maximum atomic E-state index is 12.7. The van der Waals surface area contributed by atoms with Crippen LogP contribution in [0.25, 0.3) is 0 Å². The lowest BCUT2D eigenvalue weighted by atomic mass is 9.79. The second-order valence-electron chi connectivity index (χ2n) is 7.23. The Kier molecular flexibility index (Phi) is 4.11. The Balaban J connectivity index is 1.49. The minimum absolute atomic E-state index is 0.000643. The molecular formula is C19H23N5O. The molecule has 0 saturated carbocycles. The average Bonchev–Trinajstić information content (AvgIpc) is 3.05. The number of carbonyl (C=O) groups excluding carboxylic acids is 1. The van der Waals surface area contributed by atoms with Crippen LogP contribution >= 0.6 is 0 Å². The van der Waals surface area contributed by atoms with Crippen LogP contribution in [0.5, 0.6) is 0 Å². The van der Waals surface area contributed by atoms with Gasteiger partial charge in [0.05, 0.1) is 6.20 Å². The van der Waals surface area contributed by atoms with Crippen LogP contribution in [0.1, 0.15) is 35.4 Å². The van der Waals surface area contributed by atoms with Crippen molar-refractivity contribution in [3.8, 4) is 0 Å². The molecule has 4 rings (SSSR count). The van der Waals surface area contributed by atoms with Crippen molar-refractivity contribution in [2.24, 2.45) is 5.41 Å². The fraction of sp³-hybridized carbons (Fsp3) is 0.474. The van der Waals surface area contributed by atoms with Crippen molar-refractivity contribution in [2.45, 2.75) is 26.2 Å². The Labute approximate surface area is 147 Å². The number of rotatable bonds is 2. The summed E-state index contributed by atoms with van der Waals surface area (Å²) >= 11 is 0. The average molecular weight is 337 g/mol. The summed E-state index contributed by atoms with van der Waals surface area (Å²) in [4.78, 5) is 29.9. The fourth-order valence-corrected chi connectivity index (χ4v) is 4.12. The van der Waals surface area contributed by atoms with E-state index in [0.29, 0.717) is 5.69 Å². The van der Waals surface area contributed by atoms with Gasteiger partial charge < -0.3 is 9.80 Å². The summed E-state index contributed by atoms with van der Waals surface area (Å²) < 4.78 is 0. The molecule has 25 heavy (non-hydrogen) atoms. The third-order valence-corrected chi connectivity index (χ3v) is 5.37. The number of hydrogen-bond donors (Lipinski definition) is 0. The number of nitrogens with zero attached hydrogens (tertiary/aromatic N) is 5. The zero-order valence-corrected chi connectivity index (χ0v) is 14.6. The molecule has 0 unspecified atom stereocenters. The van der Waals surface area contributed by atoms with Crippen molar-refractivity contribution in [1.82, 2.24) is 19.9 Å². The van der Waals surface area contributed by atoms with Gasteiger partial charge in [-0.25, -0.2) is 9.97 Å². The predicted molar refractivity (Wildman–Crippen MR) is 95.4 cm³/mol. The van der Waals surface area contributed by atoms with Crippen molar-refractivity contribution in [3.05, 3.63) is 48.2 Å². The molecule has 0 aliphatic carbocycles. The van der Waals surface area contributed by atoms with E-state index in [-0.39, 0.29) is 11.3 Å². The lowest BCUT2D eigenvalue weighted by Gasteiger charge is -2.40. The highest BCUT2D eigenvalue weighted by molar-refractivity contribution is 5.92. The Hall–Kier alpha value is -2.50. The highest BCUT2D eigenvalue weighted by Gasteiger charge is 2.43. The smallest absolute Gasteiger partial charge is 0.274 e. The van der Waals surface area contributed by atoms with Gasteiger partial charge in [-0.1, -0.05) is 6.07 Å². The number of pyridine rings is 1. The number of likely N-dealkylation sites (tertiary alicyclic amines) is 1. The Morgan fingerprint density at radius 1 is 1.16 bits per heavy atom. The summed E-state index contributed by atoms with van der Waals surface area (Å²) in [6.07, 6.45) is 8.04. The Morgan fingerprint density at radius 3 is 2.88 bits per heavy atom. The molecule has 0 N–H and O–H groups in total. The number of hydrogen-bond acceptors (Lipinski definition) is 5. The first-order chi connectivity index (χ1) is 12.2. The molecule has 2 saturated heterocycles. The van der Waals surface area contributed by atoms with E-state index in [0.717, 1.165) is 50.5 Å². The first kappa shape index (κ1) is 16.0. The van der Waals surface area contributed by atoms with E-state index < -0.39 is 0 Å². The molecule has 1 atom stereocenters. The molecule has 0 bridgehead atoms. The van der Waals surface area contributed by atoms with Gasteiger partial charge in [-0.2, -0.15) is 0 Å². The normalized spacial score (nSPS) is 23.2. The molecule has 2 aliphatic heterocycles. The summed E-state index contributed by atoms with van der Waals surface area (Å²) in [6, 6.07) is 6.17. The highest BCUT2D eigenvalue weighted by Crippen LogP contribution is 2.40. The van der Waals surface area contributed by atoms with E-state index in [1.165, 1.54) is 6.42 Å². The van der Waals surface area contributed by atoms with Crippen LogP contribution in [0.15, 0.2) is 36.8 Å². The summed E-state index contributed by atoms with van der Waals surface area (Å²) in [7, 11) is 0. The summed E-state index contributed by atoms with van der Waals surface area (Å²) in [5.41, 5.74) is 1.65. The van der Waals surface area contributed by atoms with E-state index >= 15 is 0 Å². The van der Waals surface area contributed by atoms with Crippen molar-refractivity contribution in [2.75, 3.05) is 31.1 Å². The molecule has 1 amide bonds. The maximum Gasteiger partial charge on any atom is 0.274 e. The van der Waals surface area contributed by atoms with E-state index in [2.05, 4.69) is 32.0 Å². The first-order valence-electron chi connectivity index (χ1n) is 8.89. The van der Waals surface area contributed by atoms with Crippen LogP contribution in [-0.2, 0) is 0 Å². The van der Waals surface area contributed by atoms with E-state index in [1.54, 1.807) is 18.6 Å². The molecule has 0 aromatic carbocycles. The molecule has 6 nitrogen and oxygen atoms in total. The monoisotopic (exact) mass is 337 g/mol. The van der Waals surface area contributed by atoms with Crippen molar-refractivity contribution < 1.29 is 4.79 Å². The zero-order valence-electron chi connectivity index (χ0n) is 14.6. The third-order valence-electron chi connectivity index (χ3n) is 5.37. The molecular weight excluding hydrogens is 314 g/mol. The fourth-order valence-electron chi connectivity index (χ4n) is 4.12. The number of piperidine rings is 1. The minimum Gasteiger partial charge on any atom is -0.356 e. The number of carbonyl (C=O) groups is 1. The van der Waals surface area contributed by atoms with Crippen LogP contribution in [-0.4, -0.2) is 51.9 Å². The van der Waals surface area contributed by atoms with Gasteiger partial charge in [-0.15, -0.1) is 0 Å². The minimum atomic E-state index is -0.000643. The second kappa shape index (κ2) is 6.43. The zero-order chi connectivity index (χ0) is 17.3. The number of amides is 1. The maximum absolute atomic E-state index is 12.7. The SMILES string of the molecule is Cc1cccc(N2CC[C@]3(CCCN(C(=O)c4cnccn4)C3)C2)n1. The molecule has 2 fully saturated rings. The van der Waals surface area contributed by atoms with Crippen LogP contribution in [0.3, 0.4) is 0 Å². The van der Waals surface area contributed by atoms with Crippen LogP contribution in [0.2, 0.25) is 0 Å². The molecule has 0 radical (unpaired) electrons. The lowest BCUT2D eigenvalue weighted by Crippen LogP contribution is -2.47. The van der Waals surface area contributed by atoms with Gasteiger partial charge in [0.15, 0.2) is 0 Å². The number of aryl methyl sites for hydroxylation is 1. The van der Waals surface area contributed by atoms with Gasteiger partial charge in [0.25, 0.3) is 5.91 Å². The van der Waals surface area contributed by atoms with E-state index in [9.17, 15) is 4.79 Å². The van der Waals surface area contributed by atoms with Crippen molar-refractivity contribution in [1.29, 1.82) is 0 Å². The molecule has 4 heterocycles. The predicted octanol–water partition coefficient (Wildman–Crippen LogP) is 2.31. The molecule has 130 valence electrons. The van der Waals surface area contributed by atoms with Crippen LogP contribution in [0, 0.1) is 12.3 Å². The first-order valence-corrected chi connectivity index (χ1v) is 8.89. The van der Waals surface area contributed by atoms with Crippen molar-refractivity contribution in [3.63, 3.8) is 0 Å². The Morgan fingerprint density at radius 2 is 2.08 bits per heavy atom. The molecule has 2 aromatic heterocycles. The molecule has 1 spiro atoms. The summed E-state index contributed by atoms with van der Waals surface area (Å²) in [5.74, 6) is 1.05. The van der Waals surface area contributed by atoms with E-state index in [4.69, 9.17) is 0 Å². The quantitative estimate of drug-likeness (QED) is 0.841. The standard InChI is InChI=1S/C19H23N5O/c1-15-4-2-5-17(22-15)23-11-7-19(13-23)6-3-10-24(14-19)18(25)16-12-20-8-9-21-16/h2,4-5,8-9,12H,3,6-7,10-11,13-14H2,1H3/t19-/m1/s1. The van der Waals surface area contributed by atoms with E-state index in [1.807, 2.05) is 17.9 Å². The van der Waals surface area contributed by atoms with Gasteiger partial charge in [0.2, 0.25) is 0 Å². The van der Waals surface area contributed by atoms with Gasteiger partial charge in [-0.3, -0.25) is 9.78 Å². The van der Waals surface area contributed by atoms with Crippen molar-refractivity contribution >= 4 is 11.7 Å². The van der Waals surface area contributed by atoms with Gasteiger partial charge in [-0.05, 0) is 38.3 Å². The second-order valence-corrected chi connectivity index (χ2v) is 7.23. The van der Waals surface area contributed by atoms with Gasteiger partial charge in [0.1, 0.15) is 11.5 Å². The lowest BCUT2D eigenvalue weighted by molar-refractivity contribution is 0.0550. The van der Waals surface area contributed by atoms with Crippen LogP contribution < -0.4 is 4.90 Å². The van der Waals surface area contributed by atoms with Crippen LogP contribution in [0.4, 0.5) is 5.82 Å². The molecule has 2 aromatic rings. The molecule has 2 aliphatic rings. The topological polar surface area (TPSA) is 62.2 Å². The van der Waals surface area contributed by atoms with Gasteiger partial charge in [0, 0.05) is 49.7 Å². The van der Waals surface area contributed by atoms with Gasteiger partial charge >= 0.3 is 0 Å². The highest BCUT2D eigenvalue weighted by atomic mass is 16.2. The number of aromatic nitrogens is 3. The third kappa shape index (κ3) is 3.21. The number of anilines is 1. The summed E-state index contributed by atoms with van der Waals surface area (Å²) in [6.45, 7) is 5.60. The molecule has 6 heteroatoms. The summed E-state index contributed by atoms with van der Waals surface area (Å²) in [5, 5.41) is 0. The largest absolute Gasteiger partial charge is 0.356 e.